The minimum Gasteiger partial charge on any atom is -0.496 e. The smallest absolute Gasteiger partial charge is 0.325 e. The molecule has 0 amide bonds. The third-order valence-corrected chi connectivity index (χ3v) is 7.49. The lowest BCUT2D eigenvalue weighted by Crippen LogP contribution is -2.50. The lowest BCUT2D eigenvalue weighted by atomic mass is 10.2. The summed E-state index contributed by atoms with van der Waals surface area (Å²) in [4.78, 5) is 12.9. The van der Waals surface area contributed by atoms with Crippen molar-refractivity contribution in [3.05, 3.63) is 59.7 Å². The number of para-hydroxylation sites is 1. The molecule has 3 rings (SSSR count). The van der Waals surface area contributed by atoms with E-state index < -0.39 is 22.0 Å². The van der Waals surface area contributed by atoms with Gasteiger partial charge in [-0.1, -0.05) is 35.9 Å². The van der Waals surface area contributed by atoms with Gasteiger partial charge >= 0.3 is 5.97 Å². The molecule has 6 nitrogen and oxygen atoms in total. The number of sulfonamides is 1. The summed E-state index contributed by atoms with van der Waals surface area (Å²) in [6.45, 7) is 2.20. The number of esters is 1. The van der Waals surface area contributed by atoms with Crippen molar-refractivity contribution in [3.8, 4) is 5.75 Å². The quantitative estimate of drug-likeness (QED) is 0.668. The van der Waals surface area contributed by atoms with E-state index in [1.54, 1.807) is 49.2 Å². The molecule has 1 fully saturated rings. The van der Waals surface area contributed by atoms with Gasteiger partial charge in [-0.3, -0.25) is 4.79 Å². The van der Waals surface area contributed by atoms with Crippen LogP contribution in [0.5, 0.6) is 5.75 Å². The van der Waals surface area contributed by atoms with E-state index in [0.29, 0.717) is 17.3 Å². The SMILES string of the molecule is COc1ccccc1COC(=O)[C@@H]1CSCCN1S(=O)(=O)c1ccc(C)cc1. The summed E-state index contributed by atoms with van der Waals surface area (Å²) in [7, 11) is -2.22. The number of thioether (sulfide) groups is 1. The highest BCUT2D eigenvalue weighted by Crippen LogP contribution is 2.26. The first-order valence-corrected chi connectivity index (χ1v) is 11.5. The van der Waals surface area contributed by atoms with Gasteiger partial charge in [0.05, 0.1) is 12.0 Å². The summed E-state index contributed by atoms with van der Waals surface area (Å²) in [5.74, 6) is 1.09. The minimum absolute atomic E-state index is 0.0302. The Morgan fingerprint density at radius 2 is 1.89 bits per heavy atom. The van der Waals surface area contributed by atoms with Gasteiger partial charge in [-0.2, -0.15) is 16.1 Å². The van der Waals surface area contributed by atoms with Crippen LogP contribution in [-0.2, 0) is 26.2 Å². The fourth-order valence-electron chi connectivity index (χ4n) is 2.97. The molecule has 1 aliphatic rings. The first-order valence-electron chi connectivity index (χ1n) is 8.88. The van der Waals surface area contributed by atoms with Gasteiger partial charge in [0.15, 0.2) is 0 Å². The van der Waals surface area contributed by atoms with Gasteiger partial charge in [0.25, 0.3) is 0 Å². The van der Waals surface area contributed by atoms with Crippen molar-refractivity contribution in [1.29, 1.82) is 0 Å². The largest absolute Gasteiger partial charge is 0.496 e. The second-order valence-electron chi connectivity index (χ2n) is 6.44. The Morgan fingerprint density at radius 1 is 1.18 bits per heavy atom. The van der Waals surface area contributed by atoms with E-state index in [9.17, 15) is 13.2 Å². The van der Waals surface area contributed by atoms with E-state index in [0.717, 1.165) is 11.1 Å². The summed E-state index contributed by atoms with van der Waals surface area (Å²) >= 11 is 1.55. The zero-order chi connectivity index (χ0) is 20.1. The van der Waals surface area contributed by atoms with E-state index in [1.165, 1.54) is 4.31 Å². The van der Waals surface area contributed by atoms with Crippen molar-refractivity contribution in [1.82, 2.24) is 4.31 Å². The fourth-order valence-corrected chi connectivity index (χ4v) is 5.79. The second kappa shape index (κ2) is 8.98. The Bertz CT molecular complexity index is 928. The Hall–Kier alpha value is -2.03. The monoisotopic (exact) mass is 421 g/mol. The van der Waals surface area contributed by atoms with E-state index >= 15 is 0 Å². The highest BCUT2D eigenvalue weighted by molar-refractivity contribution is 7.99. The highest BCUT2D eigenvalue weighted by atomic mass is 32.2. The molecule has 0 spiro atoms. The van der Waals surface area contributed by atoms with Crippen molar-refractivity contribution >= 4 is 27.8 Å². The van der Waals surface area contributed by atoms with Gasteiger partial charge in [0.1, 0.15) is 18.4 Å². The number of nitrogens with zero attached hydrogens (tertiary/aromatic N) is 1. The zero-order valence-corrected chi connectivity index (χ0v) is 17.5. The molecule has 1 saturated heterocycles. The number of benzene rings is 2. The zero-order valence-electron chi connectivity index (χ0n) is 15.8. The lowest BCUT2D eigenvalue weighted by Gasteiger charge is -2.32. The van der Waals surface area contributed by atoms with Crippen LogP contribution in [0.15, 0.2) is 53.4 Å². The van der Waals surface area contributed by atoms with Crippen LogP contribution in [0.25, 0.3) is 0 Å². The predicted octanol–water partition coefficient (Wildman–Crippen LogP) is 2.85. The van der Waals surface area contributed by atoms with Gasteiger partial charge in [-0.25, -0.2) is 8.42 Å². The molecule has 1 atom stereocenters. The molecule has 0 unspecified atom stereocenters. The molecule has 0 bridgehead atoms. The van der Waals surface area contributed by atoms with Crippen LogP contribution in [0.2, 0.25) is 0 Å². The molecule has 28 heavy (non-hydrogen) atoms. The van der Waals surface area contributed by atoms with Gasteiger partial charge in [0.2, 0.25) is 10.0 Å². The van der Waals surface area contributed by atoms with Gasteiger partial charge < -0.3 is 9.47 Å². The highest BCUT2D eigenvalue weighted by Gasteiger charge is 2.39. The first kappa shape index (κ1) is 20.7. The maximum atomic E-state index is 13.1. The molecule has 0 aromatic heterocycles. The van der Waals surface area contributed by atoms with Crippen LogP contribution in [0, 0.1) is 6.92 Å². The molecule has 150 valence electrons. The Kier molecular flexibility index (Phi) is 6.64. The Balaban J connectivity index is 1.77. The van der Waals surface area contributed by atoms with Crippen LogP contribution in [-0.4, -0.2) is 49.9 Å². The molecule has 8 heteroatoms. The van der Waals surface area contributed by atoms with Gasteiger partial charge in [0, 0.05) is 23.6 Å². The minimum atomic E-state index is -3.77. The van der Waals surface area contributed by atoms with Crippen LogP contribution < -0.4 is 4.74 Å². The maximum Gasteiger partial charge on any atom is 0.325 e. The molecule has 1 heterocycles. The van der Waals surface area contributed by atoms with E-state index in [2.05, 4.69) is 0 Å². The first-order chi connectivity index (χ1) is 13.4. The molecular weight excluding hydrogens is 398 g/mol. The number of hydrogen-bond acceptors (Lipinski definition) is 6. The van der Waals surface area contributed by atoms with Gasteiger partial charge in [-0.15, -0.1) is 0 Å². The normalized spacial score (nSPS) is 17.9. The summed E-state index contributed by atoms with van der Waals surface area (Å²) in [6, 6.07) is 13.1. The second-order valence-corrected chi connectivity index (χ2v) is 9.48. The summed E-state index contributed by atoms with van der Waals surface area (Å²) < 4.78 is 38.1. The van der Waals surface area contributed by atoms with Crippen LogP contribution >= 0.6 is 11.8 Å². The Labute approximate surface area is 169 Å². The third-order valence-electron chi connectivity index (χ3n) is 4.54. The number of carbonyl (C=O) groups is 1. The number of hydrogen-bond donors (Lipinski definition) is 0. The number of ether oxygens (including phenoxy) is 2. The van der Waals surface area contributed by atoms with E-state index in [1.807, 2.05) is 25.1 Å². The van der Waals surface area contributed by atoms with Crippen LogP contribution in [0.4, 0.5) is 0 Å². The number of methoxy groups -OCH3 is 1. The number of rotatable bonds is 6. The van der Waals surface area contributed by atoms with E-state index in [4.69, 9.17) is 9.47 Å². The molecular formula is C20H23NO5S2. The lowest BCUT2D eigenvalue weighted by molar-refractivity contribution is -0.148. The molecule has 2 aromatic rings. The maximum absolute atomic E-state index is 13.1. The van der Waals surface area contributed by atoms with Crippen LogP contribution in [0.3, 0.4) is 0 Å². The molecule has 0 N–H and O–H groups in total. The van der Waals surface area contributed by atoms with Gasteiger partial charge in [-0.05, 0) is 25.1 Å². The molecule has 0 radical (unpaired) electrons. The predicted molar refractivity (Wildman–Crippen MR) is 109 cm³/mol. The van der Waals surface area contributed by atoms with Crippen molar-refractivity contribution in [2.24, 2.45) is 0 Å². The Morgan fingerprint density at radius 3 is 2.61 bits per heavy atom. The average molecular weight is 422 g/mol. The van der Waals surface area contributed by atoms with Crippen molar-refractivity contribution < 1.29 is 22.7 Å². The van der Waals surface area contributed by atoms with Crippen LogP contribution in [0.1, 0.15) is 11.1 Å². The summed E-state index contributed by atoms with van der Waals surface area (Å²) in [5.41, 5.74) is 1.70. The number of carbonyl (C=O) groups excluding carboxylic acids is 1. The third kappa shape index (κ3) is 4.51. The van der Waals surface area contributed by atoms with Crippen molar-refractivity contribution in [3.63, 3.8) is 0 Å². The number of aryl methyl sites for hydroxylation is 1. The average Bonchev–Trinajstić information content (AvgIpc) is 2.72. The molecule has 0 aliphatic carbocycles. The standard InChI is InChI=1S/C20H23NO5S2/c1-15-7-9-17(10-8-15)28(23,24)21-11-12-27-14-18(21)20(22)26-13-16-5-3-4-6-19(16)25-2/h3-10,18H,11-14H2,1-2H3/t18-/m0/s1. The van der Waals surface area contributed by atoms with Crippen molar-refractivity contribution in [2.75, 3.05) is 25.2 Å². The van der Waals surface area contributed by atoms with Crippen molar-refractivity contribution in [2.45, 2.75) is 24.5 Å². The topological polar surface area (TPSA) is 72.9 Å². The summed E-state index contributed by atoms with van der Waals surface area (Å²) in [5, 5.41) is 0. The fraction of sp³-hybridized carbons (Fsp3) is 0.350. The molecule has 0 saturated carbocycles. The summed E-state index contributed by atoms with van der Waals surface area (Å²) in [6.07, 6.45) is 0. The van der Waals surface area contributed by atoms with E-state index in [-0.39, 0.29) is 18.0 Å². The molecule has 2 aromatic carbocycles. The molecule has 1 aliphatic heterocycles.